The zero-order chi connectivity index (χ0) is 12.5. The molecule has 1 aromatic carbocycles. The van der Waals surface area contributed by atoms with Gasteiger partial charge in [0.25, 0.3) is 0 Å². The highest BCUT2D eigenvalue weighted by molar-refractivity contribution is 9.10. The van der Waals surface area contributed by atoms with E-state index in [1.807, 2.05) is 6.20 Å². The first-order valence-electron chi connectivity index (χ1n) is 5.87. The van der Waals surface area contributed by atoms with Crippen LogP contribution in [0.15, 0.2) is 53.4 Å². The average Bonchev–Trinajstić information content (AvgIpc) is 2.72. The Morgan fingerprint density at radius 2 is 2.06 bits per heavy atom. The second-order valence-corrected chi connectivity index (χ2v) is 5.43. The molecule has 0 saturated carbocycles. The number of aryl methyl sites for hydroxylation is 1. The van der Waals surface area contributed by atoms with Crippen LogP contribution < -0.4 is 0 Å². The maximum absolute atomic E-state index is 4.20. The molecule has 0 atom stereocenters. The van der Waals surface area contributed by atoms with Crippen molar-refractivity contribution < 1.29 is 0 Å². The summed E-state index contributed by atoms with van der Waals surface area (Å²) in [6, 6.07) is 10.8. The third-order valence-electron chi connectivity index (χ3n) is 3.04. The van der Waals surface area contributed by atoms with Gasteiger partial charge in [0.15, 0.2) is 0 Å². The van der Waals surface area contributed by atoms with Crippen molar-refractivity contribution in [1.29, 1.82) is 0 Å². The van der Waals surface area contributed by atoms with E-state index >= 15 is 0 Å². The van der Waals surface area contributed by atoms with Gasteiger partial charge in [0.2, 0.25) is 0 Å². The molecule has 18 heavy (non-hydrogen) atoms. The highest BCUT2D eigenvalue weighted by atomic mass is 79.9. The zero-order valence-electron chi connectivity index (χ0n) is 10.1. The maximum atomic E-state index is 4.20. The smallest absolute Gasteiger partial charge is 0.0491 e. The molecule has 0 spiro atoms. The number of aromatic nitrogens is 2. The summed E-state index contributed by atoms with van der Waals surface area (Å²) in [7, 11) is 0. The van der Waals surface area contributed by atoms with Crippen molar-refractivity contribution in [3.63, 3.8) is 0 Å². The van der Waals surface area contributed by atoms with E-state index in [0.717, 1.165) is 11.0 Å². The molecule has 0 unspecified atom stereocenters. The SMILES string of the molecule is Cc1ccc2c(ccn2Cc2cncc(Br)c2)c1. The number of halogens is 1. The van der Waals surface area contributed by atoms with Crippen LogP contribution in [0.3, 0.4) is 0 Å². The van der Waals surface area contributed by atoms with E-state index in [9.17, 15) is 0 Å². The van der Waals surface area contributed by atoms with Gasteiger partial charge in [0.05, 0.1) is 0 Å². The molecule has 3 rings (SSSR count). The summed E-state index contributed by atoms with van der Waals surface area (Å²) < 4.78 is 3.27. The third-order valence-corrected chi connectivity index (χ3v) is 3.47. The number of pyridine rings is 1. The van der Waals surface area contributed by atoms with E-state index in [4.69, 9.17) is 0 Å². The third kappa shape index (κ3) is 2.18. The topological polar surface area (TPSA) is 17.8 Å². The van der Waals surface area contributed by atoms with Gasteiger partial charge in [-0.25, -0.2) is 0 Å². The summed E-state index contributed by atoms with van der Waals surface area (Å²) in [5.74, 6) is 0. The molecule has 0 bridgehead atoms. The van der Waals surface area contributed by atoms with Gasteiger partial charge in [-0.2, -0.15) is 0 Å². The Balaban J connectivity index is 2.00. The molecular formula is C15H13BrN2. The Hall–Kier alpha value is -1.61. The van der Waals surface area contributed by atoms with Gasteiger partial charge in [0, 0.05) is 35.1 Å². The van der Waals surface area contributed by atoms with Crippen LogP contribution in [-0.4, -0.2) is 9.55 Å². The van der Waals surface area contributed by atoms with E-state index in [-0.39, 0.29) is 0 Å². The van der Waals surface area contributed by atoms with E-state index in [1.165, 1.54) is 22.0 Å². The molecule has 2 aromatic heterocycles. The van der Waals surface area contributed by atoms with Gasteiger partial charge in [-0.3, -0.25) is 4.98 Å². The van der Waals surface area contributed by atoms with Crippen molar-refractivity contribution in [3.8, 4) is 0 Å². The number of hydrogen-bond donors (Lipinski definition) is 0. The molecule has 0 radical (unpaired) electrons. The van der Waals surface area contributed by atoms with Crippen molar-refractivity contribution >= 4 is 26.8 Å². The summed E-state index contributed by atoms with van der Waals surface area (Å²) in [4.78, 5) is 4.20. The van der Waals surface area contributed by atoms with Crippen molar-refractivity contribution in [2.45, 2.75) is 13.5 Å². The van der Waals surface area contributed by atoms with Gasteiger partial charge in [-0.1, -0.05) is 11.6 Å². The predicted molar refractivity (Wildman–Crippen MR) is 77.7 cm³/mol. The Labute approximate surface area is 114 Å². The molecule has 2 nitrogen and oxygen atoms in total. The fourth-order valence-electron chi connectivity index (χ4n) is 2.20. The van der Waals surface area contributed by atoms with Crippen molar-refractivity contribution in [2.24, 2.45) is 0 Å². The van der Waals surface area contributed by atoms with Crippen LogP contribution in [0.4, 0.5) is 0 Å². The van der Waals surface area contributed by atoms with Gasteiger partial charge in [-0.15, -0.1) is 0 Å². The Kier molecular flexibility index (Phi) is 2.92. The molecule has 0 aliphatic rings. The lowest BCUT2D eigenvalue weighted by atomic mass is 10.2. The minimum Gasteiger partial charge on any atom is -0.343 e. The van der Waals surface area contributed by atoms with Crippen molar-refractivity contribution in [3.05, 3.63) is 64.5 Å². The van der Waals surface area contributed by atoms with Crippen LogP contribution >= 0.6 is 15.9 Å². The van der Waals surface area contributed by atoms with Crippen LogP contribution in [-0.2, 0) is 6.54 Å². The molecule has 3 heteroatoms. The normalized spacial score (nSPS) is 11.0. The lowest BCUT2D eigenvalue weighted by molar-refractivity contribution is 0.830. The molecule has 0 saturated heterocycles. The van der Waals surface area contributed by atoms with Crippen LogP contribution in [0, 0.1) is 6.92 Å². The number of rotatable bonds is 2. The van der Waals surface area contributed by atoms with Crippen molar-refractivity contribution in [2.75, 3.05) is 0 Å². The van der Waals surface area contributed by atoms with E-state index in [0.29, 0.717) is 0 Å². The molecule has 0 amide bonds. The Morgan fingerprint density at radius 1 is 1.17 bits per heavy atom. The standard InChI is InChI=1S/C15H13BrN2/c1-11-2-3-15-13(6-11)4-5-18(15)10-12-7-14(16)9-17-8-12/h2-9H,10H2,1H3. The van der Waals surface area contributed by atoms with Crippen molar-refractivity contribution in [1.82, 2.24) is 9.55 Å². The maximum Gasteiger partial charge on any atom is 0.0491 e. The predicted octanol–water partition coefficient (Wildman–Crippen LogP) is 4.16. The quantitative estimate of drug-likeness (QED) is 0.695. The van der Waals surface area contributed by atoms with Gasteiger partial charge < -0.3 is 4.57 Å². The van der Waals surface area contributed by atoms with Gasteiger partial charge in [-0.05, 0) is 58.1 Å². The molecule has 0 fully saturated rings. The largest absolute Gasteiger partial charge is 0.343 e. The molecule has 0 aliphatic carbocycles. The Morgan fingerprint density at radius 3 is 2.89 bits per heavy atom. The summed E-state index contributed by atoms with van der Waals surface area (Å²) in [5.41, 5.74) is 3.76. The van der Waals surface area contributed by atoms with Crippen LogP contribution in [0.5, 0.6) is 0 Å². The first kappa shape index (κ1) is 11.5. The number of hydrogen-bond acceptors (Lipinski definition) is 1. The molecule has 2 heterocycles. The lowest BCUT2D eigenvalue weighted by Crippen LogP contribution is -1.98. The average molecular weight is 301 g/mol. The molecule has 0 N–H and O–H groups in total. The van der Waals surface area contributed by atoms with Crippen LogP contribution in [0.1, 0.15) is 11.1 Å². The molecule has 90 valence electrons. The highest BCUT2D eigenvalue weighted by Crippen LogP contribution is 2.19. The monoisotopic (exact) mass is 300 g/mol. The summed E-state index contributed by atoms with van der Waals surface area (Å²) in [6.07, 6.45) is 5.84. The second-order valence-electron chi connectivity index (χ2n) is 4.52. The molecule has 0 aliphatic heterocycles. The molecule has 3 aromatic rings. The fraction of sp³-hybridized carbons (Fsp3) is 0.133. The summed E-state index contributed by atoms with van der Waals surface area (Å²) in [6.45, 7) is 2.97. The first-order valence-corrected chi connectivity index (χ1v) is 6.66. The highest BCUT2D eigenvalue weighted by Gasteiger charge is 2.02. The fourth-order valence-corrected chi connectivity index (χ4v) is 2.61. The van der Waals surface area contributed by atoms with Crippen LogP contribution in [0.2, 0.25) is 0 Å². The number of fused-ring (bicyclic) bond motifs is 1. The van der Waals surface area contributed by atoms with E-state index in [1.54, 1.807) is 6.20 Å². The summed E-state index contributed by atoms with van der Waals surface area (Å²) >= 11 is 3.45. The minimum absolute atomic E-state index is 0.846. The van der Waals surface area contributed by atoms with Gasteiger partial charge >= 0.3 is 0 Å². The Bertz CT molecular complexity index is 701. The van der Waals surface area contributed by atoms with Crippen LogP contribution in [0.25, 0.3) is 10.9 Å². The lowest BCUT2D eigenvalue weighted by Gasteiger charge is -2.06. The summed E-state index contributed by atoms with van der Waals surface area (Å²) in [5, 5.41) is 1.29. The number of benzene rings is 1. The van der Waals surface area contributed by atoms with E-state index in [2.05, 4.69) is 68.9 Å². The second kappa shape index (κ2) is 4.58. The first-order chi connectivity index (χ1) is 8.72. The van der Waals surface area contributed by atoms with E-state index < -0.39 is 0 Å². The number of nitrogens with zero attached hydrogens (tertiary/aromatic N) is 2. The molecular weight excluding hydrogens is 288 g/mol. The van der Waals surface area contributed by atoms with Gasteiger partial charge in [0.1, 0.15) is 0 Å². The minimum atomic E-state index is 0.846. The zero-order valence-corrected chi connectivity index (χ0v) is 11.7.